The first-order chi connectivity index (χ1) is 9.48. The van der Waals surface area contributed by atoms with Gasteiger partial charge in [0.2, 0.25) is 0 Å². The molecule has 21 heavy (non-hydrogen) atoms. The van der Waals surface area contributed by atoms with Crippen molar-refractivity contribution < 1.29 is 24.3 Å². The van der Waals surface area contributed by atoms with E-state index in [9.17, 15) is 14.9 Å². The lowest BCUT2D eigenvalue weighted by molar-refractivity contribution is -0.0982. The Bertz CT molecular complexity index is 525. The van der Waals surface area contributed by atoms with E-state index in [4.69, 9.17) is 16.3 Å². The number of esters is 1. The summed E-state index contributed by atoms with van der Waals surface area (Å²) in [6, 6.07) is 4.35. The number of methoxy groups -OCH3 is 1. The summed E-state index contributed by atoms with van der Waals surface area (Å²) in [6.07, 6.45) is 0. The molecule has 1 rings (SSSR count). The summed E-state index contributed by atoms with van der Waals surface area (Å²) in [5.74, 6) is -0.562. The van der Waals surface area contributed by atoms with E-state index in [1.165, 1.54) is 25.3 Å². The molecule has 0 radical (unpaired) electrons. The van der Waals surface area contributed by atoms with E-state index in [1.54, 1.807) is 27.7 Å². The van der Waals surface area contributed by atoms with Crippen LogP contribution >= 0.6 is 11.6 Å². The van der Waals surface area contributed by atoms with Gasteiger partial charge in [0.15, 0.2) is 0 Å². The highest BCUT2D eigenvalue weighted by Crippen LogP contribution is 2.25. The molecule has 0 spiro atoms. The lowest BCUT2D eigenvalue weighted by Gasteiger charge is -2.38. The molecule has 0 saturated heterocycles. The fraction of sp³-hybridized carbons (Fsp3) is 0.500. The molecule has 0 amide bonds. The minimum atomic E-state index is -1.34. The van der Waals surface area contributed by atoms with Crippen molar-refractivity contribution in [2.75, 3.05) is 7.11 Å². The van der Waals surface area contributed by atoms with Crippen LogP contribution in [0, 0.1) is 0 Å². The number of ether oxygens (including phenoxy) is 1. The number of hydrogen-bond acceptors (Lipinski definition) is 5. The van der Waals surface area contributed by atoms with E-state index in [-0.39, 0.29) is 10.6 Å². The van der Waals surface area contributed by atoms with Crippen LogP contribution < -0.4 is 5.46 Å². The normalized spacial score (nSPS) is 12.2. The zero-order chi connectivity index (χ0) is 16.4. The summed E-state index contributed by atoms with van der Waals surface area (Å²) >= 11 is 5.93. The van der Waals surface area contributed by atoms with Gasteiger partial charge in [0.1, 0.15) is 0 Å². The molecule has 0 fully saturated rings. The molecule has 0 atom stereocenters. The van der Waals surface area contributed by atoms with Crippen LogP contribution in [0.2, 0.25) is 5.02 Å². The Balaban J connectivity index is 3.06. The molecular weight excluding hydrogens is 294 g/mol. The molecule has 0 unspecified atom stereocenters. The van der Waals surface area contributed by atoms with Crippen molar-refractivity contribution in [1.82, 2.24) is 0 Å². The fourth-order valence-electron chi connectivity index (χ4n) is 1.48. The first-order valence-electron chi connectivity index (χ1n) is 6.45. The minimum absolute atomic E-state index is 0.212. The highest BCUT2D eigenvalue weighted by molar-refractivity contribution is 6.60. The molecule has 7 heteroatoms. The maximum absolute atomic E-state index is 11.5. The van der Waals surface area contributed by atoms with E-state index in [1.807, 2.05) is 0 Å². The number of hydrogen-bond donors (Lipinski definition) is 2. The number of aliphatic hydroxyl groups is 1. The molecule has 0 aliphatic heterocycles. The monoisotopic (exact) mass is 314 g/mol. The average Bonchev–Trinajstić information content (AvgIpc) is 2.35. The van der Waals surface area contributed by atoms with Crippen LogP contribution in [0.1, 0.15) is 38.1 Å². The Kier molecular flexibility index (Phi) is 5.44. The molecule has 0 aliphatic rings. The second kappa shape index (κ2) is 6.36. The third-order valence-electron chi connectivity index (χ3n) is 3.51. The van der Waals surface area contributed by atoms with E-state index >= 15 is 0 Å². The predicted molar refractivity (Wildman–Crippen MR) is 81.9 cm³/mol. The number of carbonyl (C=O) groups excluding carboxylic acids is 1. The van der Waals surface area contributed by atoms with Crippen molar-refractivity contribution in [3.05, 3.63) is 28.8 Å². The van der Waals surface area contributed by atoms with Gasteiger partial charge in [0.05, 0.1) is 23.9 Å². The van der Waals surface area contributed by atoms with Crippen LogP contribution in [0.5, 0.6) is 0 Å². The van der Waals surface area contributed by atoms with Gasteiger partial charge < -0.3 is 19.5 Å². The van der Waals surface area contributed by atoms with E-state index in [0.717, 1.165) is 0 Å². The summed E-state index contributed by atoms with van der Waals surface area (Å²) in [6.45, 7) is 6.47. The van der Waals surface area contributed by atoms with Gasteiger partial charge in [0, 0.05) is 5.02 Å². The standard InChI is InChI=1S/C14H20BClO5/c1-13(2,18)14(3,4)21-15(19)10-6-9(12(17)20-5)7-11(16)8-10/h6-8,18-19H,1-5H3. The highest BCUT2D eigenvalue weighted by Gasteiger charge is 2.39. The number of rotatable bonds is 5. The summed E-state index contributed by atoms with van der Waals surface area (Å²) in [5.41, 5.74) is -1.67. The van der Waals surface area contributed by atoms with Crippen LogP contribution in [0.15, 0.2) is 18.2 Å². The second-order valence-electron chi connectivity index (χ2n) is 5.80. The van der Waals surface area contributed by atoms with Crippen LogP contribution in [0.3, 0.4) is 0 Å². The molecule has 5 nitrogen and oxygen atoms in total. The molecular formula is C14H20BClO5. The summed E-state index contributed by atoms with van der Waals surface area (Å²) in [4.78, 5) is 11.5. The molecule has 0 aliphatic carbocycles. The maximum Gasteiger partial charge on any atom is 0.491 e. The van der Waals surface area contributed by atoms with Crippen molar-refractivity contribution in [1.29, 1.82) is 0 Å². The molecule has 0 saturated carbocycles. The summed E-state index contributed by atoms with van der Waals surface area (Å²) in [5, 5.41) is 20.5. The molecule has 2 N–H and O–H groups in total. The molecule has 116 valence electrons. The van der Waals surface area contributed by atoms with Crippen molar-refractivity contribution in [3.63, 3.8) is 0 Å². The quantitative estimate of drug-likeness (QED) is 0.634. The van der Waals surface area contributed by atoms with Crippen LogP contribution in [0.25, 0.3) is 0 Å². The van der Waals surface area contributed by atoms with E-state index < -0.39 is 24.3 Å². The first-order valence-corrected chi connectivity index (χ1v) is 6.83. The van der Waals surface area contributed by atoms with Crippen molar-refractivity contribution in [2.24, 2.45) is 0 Å². The zero-order valence-electron chi connectivity index (χ0n) is 12.8. The van der Waals surface area contributed by atoms with Crippen molar-refractivity contribution >= 4 is 30.2 Å². The maximum atomic E-state index is 11.5. The van der Waals surface area contributed by atoms with Gasteiger partial charge >= 0.3 is 13.1 Å². The van der Waals surface area contributed by atoms with Gasteiger partial charge in [-0.1, -0.05) is 11.6 Å². The molecule has 0 heterocycles. The fourth-order valence-corrected chi connectivity index (χ4v) is 1.73. The molecule has 1 aromatic rings. The second-order valence-corrected chi connectivity index (χ2v) is 6.24. The van der Waals surface area contributed by atoms with Crippen molar-refractivity contribution in [3.8, 4) is 0 Å². The zero-order valence-corrected chi connectivity index (χ0v) is 13.6. The van der Waals surface area contributed by atoms with Crippen LogP contribution in [0.4, 0.5) is 0 Å². The van der Waals surface area contributed by atoms with Crippen LogP contribution in [-0.4, -0.2) is 41.5 Å². The topological polar surface area (TPSA) is 76.0 Å². The molecule has 0 aromatic heterocycles. The first kappa shape index (κ1) is 18.0. The molecule has 0 bridgehead atoms. The Labute approximate surface area is 130 Å². The van der Waals surface area contributed by atoms with Gasteiger partial charge in [-0.05, 0) is 51.4 Å². The minimum Gasteiger partial charge on any atom is -0.465 e. The summed E-state index contributed by atoms with van der Waals surface area (Å²) < 4.78 is 10.1. The third-order valence-corrected chi connectivity index (χ3v) is 3.72. The largest absolute Gasteiger partial charge is 0.491 e. The Morgan fingerprint density at radius 2 is 1.81 bits per heavy atom. The summed E-state index contributed by atoms with van der Waals surface area (Å²) in [7, 11) is -0.0821. The average molecular weight is 315 g/mol. The number of carbonyl (C=O) groups is 1. The van der Waals surface area contributed by atoms with E-state index in [2.05, 4.69) is 4.74 Å². The third kappa shape index (κ3) is 4.44. The Morgan fingerprint density at radius 1 is 1.24 bits per heavy atom. The van der Waals surface area contributed by atoms with Crippen LogP contribution in [-0.2, 0) is 9.39 Å². The number of halogens is 1. The number of benzene rings is 1. The molecule has 1 aromatic carbocycles. The van der Waals surface area contributed by atoms with Gasteiger partial charge in [-0.15, -0.1) is 0 Å². The van der Waals surface area contributed by atoms with Gasteiger partial charge in [0.25, 0.3) is 0 Å². The Morgan fingerprint density at radius 3 is 2.29 bits per heavy atom. The highest BCUT2D eigenvalue weighted by atomic mass is 35.5. The van der Waals surface area contributed by atoms with Gasteiger partial charge in [-0.3, -0.25) is 0 Å². The van der Waals surface area contributed by atoms with Gasteiger partial charge in [-0.25, -0.2) is 4.79 Å². The van der Waals surface area contributed by atoms with Gasteiger partial charge in [-0.2, -0.15) is 0 Å². The van der Waals surface area contributed by atoms with E-state index in [0.29, 0.717) is 5.46 Å². The lowest BCUT2D eigenvalue weighted by Crippen LogP contribution is -2.53. The van der Waals surface area contributed by atoms with Crippen molar-refractivity contribution in [2.45, 2.75) is 38.9 Å². The predicted octanol–water partition coefficient (Wildman–Crippen LogP) is 1.38. The smallest absolute Gasteiger partial charge is 0.465 e. The SMILES string of the molecule is COC(=O)c1cc(Cl)cc(B(O)OC(C)(C)C(C)(C)O)c1. The Hall–Kier alpha value is -1.08. The lowest BCUT2D eigenvalue weighted by atomic mass is 9.76.